The Balaban J connectivity index is 3.85. The first kappa shape index (κ1) is 17.9. The summed E-state index contributed by atoms with van der Waals surface area (Å²) in [6.07, 6.45) is -9.96. The highest BCUT2D eigenvalue weighted by atomic mass is 19.4. The van der Waals surface area contributed by atoms with Gasteiger partial charge in [-0.3, -0.25) is 0 Å². The van der Waals surface area contributed by atoms with Crippen molar-refractivity contribution in [3.05, 3.63) is 28.8 Å². The lowest BCUT2D eigenvalue weighted by atomic mass is 9.59. The molecule has 1 aromatic carbocycles. The van der Waals surface area contributed by atoms with Crippen molar-refractivity contribution in [2.24, 2.45) is 0 Å². The zero-order valence-corrected chi connectivity index (χ0v) is 11.9. The van der Waals surface area contributed by atoms with E-state index in [1.165, 1.54) is 20.8 Å². The number of rotatable bonds is 1. The van der Waals surface area contributed by atoms with E-state index in [2.05, 4.69) is 0 Å². The minimum absolute atomic E-state index is 0.0912. The van der Waals surface area contributed by atoms with Crippen molar-refractivity contribution < 1.29 is 31.4 Å². The smallest absolute Gasteiger partial charge is 0.416 e. The highest BCUT2D eigenvalue weighted by Gasteiger charge is 2.43. The molecule has 0 saturated carbocycles. The van der Waals surface area contributed by atoms with Gasteiger partial charge in [0.2, 0.25) is 0 Å². The number of benzene rings is 1. The Morgan fingerprint density at radius 3 is 1.38 bits per heavy atom. The van der Waals surface area contributed by atoms with E-state index in [0.29, 0.717) is 12.1 Å². The second-order valence-electron chi connectivity index (χ2n) is 5.91. The molecule has 118 valence electrons. The first-order valence-corrected chi connectivity index (χ1v) is 6.16. The molecule has 1 rings (SSSR count). The lowest BCUT2D eigenvalue weighted by Gasteiger charge is -2.26. The van der Waals surface area contributed by atoms with E-state index < -0.39 is 41.3 Å². The molecule has 1 aromatic rings. The SMILES string of the molecule is CB(O)c1c(C(F)(F)F)cc(C(C)(C)C)cc1C(F)(F)F. The molecule has 0 atom stereocenters. The number of halogens is 6. The lowest BCUT2D eigenvalue weighted by molar-refractivity contribution is -0.141. The van der Waals surface area contributed by atoms with Gasteiger partial charge in [0.15, 0.2) is 0 Å². The van der Waals surface area contributed by atoms with Crippen molar-refractivity contribution in [3.8, 4) is 0 Å². The second kappa shape index (κ2) is 5.23. The molecule has 8 heteroatoms. The maximum Gasteiger partial charge on any atom is 0.416 e. The van der Waals surface area contributed by atoms with Crippen LogP contribution in [0.15, 0.2) is 12.1 Å². The molecule has 0 aliphatic carbocycles. The van der Waals surface area contributed by atoms with Gasteiger partial charge in [0, 0.05) is 0 Å². The first-order chi connectivity index (χ1) is 9.15. The van der Waals surface area contributed by atoms with E-state index in [9.17, 15) is 31.4 Å². The van der Waals surface area contributed by atoms with E-state index in [-0.39, 0.29) is 5.56 Å². The minimum atomic E-state index is -4.98. The molecule has 0 aromatic heterocycles. The fourth-order valence-electron chi connectivity index (χ4n) is 2.01. The molecule has 21 heavy (non-hydrogen) atoms. The van der Waals surface area contributed by atoms with Gasteiger partial charge in [-0.2, -0.15) is 26.3 Å². The van der Waals surface area contributed by atoms with Gasteiger partial charge in [-0.15, -0.1) is 0 Å². The highest BCUT2D eigenvalue weighted by molar-refractivity contribution is 6.66. The number of hydrogen-bond donors (Lipinski definition) is 1. The summed E-state index contributed by atoms with van der Waals surface area (Å²) < 4.78 is 78.4. The third-order valence-electron chi connectivity index (χ3n) is 3.07. The summed E-state index contributed by atoms with van der Waals surface area (Å²) in [6, 6.07) is 1.36. The van der Waals surface area contributed by atoms with E-state index in [0.717, 1.165) is 6.82 Å². The molecule has 0 unspecified atom stereocenters. The Kier molecular flexibility index (Phi) is 4.45. The predicted octanol–water partition coefficient (Wildman–Crippen LogP) is 3.84. The molecule has 1 nitrogen and oxygen atoms in total. The fourth-order valence-corrected chi connectivity index (χ4v) is 2.01. The van der Waals surface area contributed by atoms with Crippen molar-refractivity contribution in [2.45, 2.75) is 45.4 Å². The number of alkyl halides is 6. The molecular formula is C13H15BF6O. The third kappa shape index (κ3) is 3.93. The van der Waals surface area contributed by atoms with Gasteiger partial charge in [-0.1, -0.05) is 27.6 Å². The third-order valence-corrected chi connectivity index (χ3v) is 3.07. The van der Waals surface area contributed by atoms with E-state index >= 15 is 0 Å². The summed E-state index contributed by atoms with van der Waals surface area (Å²) in [4.78, 5) is 0. The Morgan fingerprint density at radius 1 is 0.857 bits per heavy atom. The maximum atomic E-state index is 13.1. The molecule has 0 saturated heterocycles. The van der Waals surface area contributed by atoms with Gasteiger partial charge < -0.3 is 5.02 Å². The molecule has 0 fully saturated rings. The molecule has 0 spiro atoms. The minimum Gasteiger partial charge on any atom is -0.446 e. The van der Waals surface area contributed by atoms with Crippen molar-refractivity contribution >= 4 is 12.4 Å². The van der Waals surface area contributed by atoms with Crippen molar-refractivity contribution in [1.82, 2.24) is 0 Å². The average Bonchev–Trinajstić information content (AvgIpc) is 2.23. The zero-order valence-electron chi connectivity index (χ0n) is 11.9. The normalized spacial score (nSPS) is 13.5. The van der Waals surface area contributed by atoms with E-state index in [1.807, 2.05) is 0 Å². The molecule has 0 bridgehead atoms. The van der Waals surface area contributed by atoms with Crippen LogP contribution in [0.4, 0.5) is 26.3 Å². The van der Waals surface area contributed by atoms with Crippen LogP contribution in [0, 0.1) is 0 Å². The summed E-state index contributed by atoms with van der Waals surface area (Å²) in [6.45, 7) is 3.56. The standard InChI is InChI=1S/C13H15BF6O/c1-11(2,3)7-5-8(12(15,16)17)10(14(4)21)9(6-7)13(18,19)20/h5-6,21H,1-4H3. The lowest BCUT2D eigenvalue weighted by Crippen LogP contribution is -2.40. The van der Waals surface area contributed by atoms with Gasteiger partial charge >= 0.3 is 19.3 Å². The van der Waals surface area contributed by atoms with Gasteiger partial charge in [0.1, 0.15) is 0 Å². The van der Waals surface area contributed by atoms with Gasteiger partial charge in [0.05, 0.1) is 11.1 Å². The van der Waals surface area contributed by atoms with Crippen molar-refractivity contribution in [2.75, 3.05) is 0 Å². The van der Waals surface area contributed by atoms with Crippen LogP contribution in [-0.4, -0.2) is 11.9 Å². The van der Waals surface area contributed by atoms with E-state index in [1.54, 1.807) is 0 Å². The van der Waals surface area contributed by atoms with Crippen LogP contribution in [0.2, 0.25) is 6.82 Å². The maximum absolute atomic E-state index is 13.1. The van der Waals surface area contributed by atoms with Crippen LogP contribution in [0.3, 0.4) is 0 Å². The van der Waals surface area contributed by atoms with E-state index in [4.69, 9.17) is 0 Å². The Labute approximate surface area is 119 Å². The first-order valence-electron chi connectivity index (χ1n) is 6.16. The topological polar surface area (TPSA) is 20.2 Å². The van der Waals surface area contributed by atoms with Crippen LogP contribution in [-0.2, 0) is 17.8 Å². The molecule has 0 aliphatic heterocycles. The van der Waals surface area contributed by atoms with Crippen molar-refractivity contribution in [1.29, 1.82) is 0 Å². The van der Waals surface area contributed by atoms with Crippen molar-refractivity contribution in [3.63, 3.8) is 0 Å². The van der Waals surface area contributed by atoms with Crippen LogP contribution in [0.25, 0.3) is 0 Å². The fraction of sp³-hybridized carbons (Fsp3) is 0.538. The Hall–Kier alpha value is -1.18. The Morgan fingerprint density at radius 2 is 1.19 bits per heavy atom. The summed E-state index contributed by atoms with van der Waals surface area (Å²) in [5.74, 6) is 0. The summed E-state index contributed by atoms with van der Waals surface area (Å²) in [5, 5.41) is 9.41. The average molecular weight is 312 g/mol. The summed E-state index contributed by atoms with van der Waals surface area (Å²) >= 11 is 0. The molecule has 1 N–H and O–H groups in total. The van der Waals surface area contributed by atoms with Crippen LogP contribution < -0.4 is 5.46 Å². The molecule has 0 radical (unpaired) electrons. The van der Waals surface area contributed by atoms with Gasteiger partial charge in [-0.25, -0.2) is 0 Å². The summed E-state index contributed by atoms with van der Waals surface area (Å²) in [7, 11) is 0. The molecular weight excluding hydrogens is 297 g/mol. The monoisotopic (exact) mass is 312 g/mol. The van der Waals surface area contributed by atoms with Crippen LogP contribution in [0.1, 0.15) is 37.5 Å². The van der Waals surface area contributed by atoms with Gasteiger partial charge in [0.25, 0.3) is 0 Å². The summed E-state index contributed by atoms with van der Waals surface area (Å²) in [5.41, 5.74) is -5.01. The Bertz CT molecular complexity index is 490. The van der Waals surface area contributed by atoms with Gasteiger partial charge in [-0.05, 0) is 28.6 Å². The molecule has 0 amide bonds. The quantitative estimate of drug-likeness (QED) is 0.617. The highest BCUT2D eigenvalue weighted by Crippen LogP contribution is 2.37. The predicted molar refractivity (Wildman–Crippen MR) is 68.6 cm³/mol. The van der Waals surface area contributed by atoms with Crippen LogP contribution in [0.5, 0.6) is 0 Å². The molecule has 0 heterocycles. The number of hydrogen-bond acceptors (Lipinski definition) is 1. The zero-order chi connectivity index (χ0) is 16.8. The second-order valence-corrected chi connectivity index (χ2v) is 5.91. The largest absolute Gasteiger partial charge is 0.446 e. The molecule has 0 aliphatic rings. The van der Waals surface area contributed by atoms with Crippen LogP contribution >= 0.6 is 0 Å².